The van der Waals surface area contributed by atoms with Crippen LogP contribution in [0.1, 0.15) is 22.3 Å². The van der Waals surface area contributed by atoms with E-state index in [0.29, 0.717) is 0 Å². The van der Waals surface area contributed by atoms with Crippen molar-refractivity contribution in [1.29, 1.82) is 0 Å². The number of rotatable bonds is 3. The highest BCUT2D eigenvalue weighted by atomic mass is 16.5. The van der Waals surface area contributed by atoms with Crippen molar-refractivity contribution in [3.8, 4) is 22.6 Å². The van der Waals surface area contributed by atoms with Gasteiger partial charge in [-0.1, -0.05) is 152 Å². The smallest absolute Gasteiger partial charge is 0.143 e. The number of fused-ring (bicyclic) bond motifs is 17. The average Bonchev–Trinajstić information content (AvgIpc) is 3.81. The zero-order valence-electron chi connectivity index (χ0n) is 31.3. The summed E-state index contributed by atoms with van der Waals surface area (Å²) in [6, 6.07) is 72.6. The maximum atomic E-state index is 6.87. The molecule has 10 aromatic carbocycles. The lowest BCUT2D eigenvalue weighted by atomic mass is 9.66. The van der Waals surface area contributed by atoms with Crippen molar-refractivity contribution in [3.05, 3.63) is 222 Å². The number of hydrogen-bond donors (Lipinski definition) is 0. The van der Waals surface area contributed by atoms with Crippen molar-refractivity contribution in [2.45, 2.75) is 5.41 Å². The zero-order valence-corrected chi connectivity index (χ0v) is 31.3. The molecule has 0 saturated heterocycles. The lowest BCUT2D eigenvalue weighted by molar-refractivity contribution is 0.436. The molecule has 0 radical (unpaired) electrons. The van der Waals surface area contributed by atoms with Gasteiger partial charge in [0.25, 0.3) is 0 Å². The molecular weight excluding hydrogens is 707 g/mol. The Kier molecular flexibility index (Phi) is 6.37. The summed E-state index contributed by atoms with van der Waals surface area (Å²) < 4.78 is 13.5. The van der Waals surface area contributed by atoms with E-state index in [1.807, 2.05) is 6.07 Å². The Hall–Kier alpha value is -7.62. The monoisotopic (exact) mass is 739 g/mol. The summed E-state index contributed by atoms with van der Waals surface area (Å²) >= 11 is 0. The third kappa shape index (κ3) is 4.17. The Morgan fingerprint density at radius 1 is 0.362 bits per heavy atom. The summed E-state index contributed by atoms with van der Waals surface area (Å²) in [7, 11) is 0. The predicted octanol–water partition coefficient (Wildman–Crippen LogP) is 15.0. The molecule has 0 N–H and O–H groups in total. The van der Waals surface area contributed by atoms with Crippen LogP contribution in [-0.4, -0.2) is 0 Å². The zero-order chi connectivity index (χ0) is 38.0. The van der Waals surface area contributed by atoms with Gasteiger partial charge in [-0.15, -0.1) is 0 Å². The van der Waals surface area contributed by atoms with Gasteiger partial charge in [0.15, 0.2) is 0 Å². The third-order valence-corrected chi connectivity index (χ3v) is 12.7. The van der Waals surface area contributed by atoms with E-state index in [1.54, 1.807) is 0 Å². The second-order valence-electron chi connectivity index (χ2n) is 15.6. The van der Waals surface area contributed by atoms with Gasteiger partial charge < -0.3 is 14.1 Å². The topological polar surface area (TPSA) is 25.6 Å². The number of para-hydroxylation sites is 2. The molecule has 0 atom stereocenters. The number of furan rings is 1. The van der Waals surface area contributed by atoms with Gasteiger partial charge in [-0.05, 0) is 92.3 Å². The fourth-order valence-electron chi connectivity index (χ4n) is 10.3. The number of benzene rings is 10. The molecule has 2 heterocycles. The molecule has 2 aliphatic rings. The quantitative estimate of drug-likeness (QED) is 0.169. The van der Waals surface area contributed by atoms with Gasteiger partial charge in [-0.25, -0.2) is 0 Å². The van der Waals surface area contributed by atoms with Gasteiger partial charge >= 0.3 is 0 Å². The van der Waals surface area contributed by atoms with Gasteiger partial charge in [-0.2, -0.15) is 0 Å². The lowest BCUT2D eigenvalue weighted by Crippen LogP contribution is -2.32. The van der Waals surface area contributed by atoms with Crippen LogP contribution in [-0.2, 0) is 5.41 Å². The largest absolute Gasteiger partial charge is 0.457 e. The van der Waals surface area contributed by atoms with Crippen molar-refractivity contribution in [2.24, 2.45) is 0 Å². The molecule has 11 aromatic rings. The van der Waals surface area contributed by atoms with E-state index >= 15 is 0 Å². The molecule has 3 heteroatoms. The van der Waals surface area contributed by atoms with Gasteiger partial charge in [-0.3, -0.25) is 0 Å². The first-order valence-electron chi connectivity index (χ1n) is 19.9. The Balaban J connectivity index is 1.14. The molecule has 0 fully saturated rings. The van der Waals surface area contributed by atoms with Crippen LogP contribution in [0.15, 0.2) is 205 Å². The minimum atomic E-state index is -0.589. The second-order valence-corrected chi connectivity index (χ2v) is 15.6. The van der Waals surface area contributed by atoms with E-state index in [0.717, 1.165) is 72.4 Å². The average molecular weight is 740 g/mol. The van der Waals surface area contributed by atoms with Crippen molar-refractivity contribution in [2.75, 3.05) is 4.90 Å². The molecule has 0 bridgehead atoms. The standard InChI is InChI=1S/C55H33NO2/c1-2-14-38-34(13-1)25-26-35-31-36(27-29-39(35)38)56(50-33-45-43-18-7-11-23-51(43)58-54(45)44-19-4-3-17-42(44)50)37-28-30-53-49(32-37)55(48-22-10-12-24-52(48)57-53)46-20-8-5-15-40(46)41-16-6-9-21-47(41)55/h1-33H. The Morgan fingerprint density at radius 3 is 1.78 bits per heavy atom. The molecule has 1 aliphatic heterocycles. The minimum absolute atomic E-state index is 0.589. The van der Waals surface area contributed by atoms with Gasteiger partial charge in [0, 0.05) is 44.0 Å². The van der Waals surface area contributed by atoms with Crippen LogP contribution in [0.2, 0.25) is 0 Å². The Labute approximate surface area is 334 Å². The highest BCUT2D eigenvalue weighted by molar-refractivity contribution is 6.20. The summed E-state index contributed by atoms with van der Waals surface area (Å²) in [4.78, 5) is 2.44. The Morgan fingerprint density at radius 2 is 0.948 bits per heavy atom. The van der Waals surface area contributed by atoms with Gasteiger partial charge in [0.05, 0.1) is 11.1 Å². The van der Waals surface area contributed by atoms with Crippen molar-refractivity contribution < 1.29 is 9.15 Å². The van der Waals surface area contributed by atoms with Crippen LogP contribution in [0.25, 0.3) is 65.4 Å². The van der Waals surface area contributed by atoms with Gasteiger partial charge in [0.2, 0.25) is 0 Å². The molecule has 270 valence electrons. The van der Waals surface area contributed by atoms with Crippen LogP contribution in [0, 0.1) is 0 Å². The van der Waals surface area contributed by atoms with E-state index in [1.165, 1.54) is 43.8 Å². The predicted molar refractivity (Wildman–Crippen MR) is 238 cm³/mol. The first-order valence-corrected chi connectivity index (χ1v) is 19.9. The van der Waals surface area contributed by atoms with Crippen molar-refractivity contribution in [3.63, 3.8) is 0 Å². The van der Waals surface area contributed by atoms with Crippen molar-refractivity contribution >= 4 is 71.3 Å². The summed E-state index contributed by atoms with van der Waals surface area (Å²) in [6.07, 6.45) is 0. The third-order valence-electron chi connectivity index (χ3n) is 12.7. The maximum absolute atomic E-state index is 6.87. The number of hydrogen-bond acceptors (Lipinski definition) is 3. The minimum Gasteiger partial charge on any atom is -0.457 e. The summed E-state index contributed by atoms with van der Waals surface area (Å²) in [5, 5.41) is 9.28. The molecule has 0 saturated carbocycles. The van der Waals surface area contributed by atoms with Crippen LogP contribution >= 0.6 is 0 Å². The Bertz CT molecular complexity index is 3480. The van der Waals surface area contributed by atoms with Crippen molar-refractivity contribution in [1.82, 2.24) is 0 Å². The normalized spacial score (nSPS) is 13.4. The molecule has 58 heavy (non-hydrogen) atoms. The summed E-state index contributed by atoms with van der Waals surface area (Å²) in [5.41, 5.74) is 11.7. The summed E-state index contributed by atoms with van der Waals surface area (Å²) in [5.74, 6) is 1.75. The van der Waals surface area contributed by atoms with Gasteiger partial charge in [0.1, 0.15) is 22.7 Å². The highest BCUT2D eigenvalue weighted by Crippen LogP contribution is 2.62. The van der Waals surface area contributed by atoms with Crippen LogP contribution < -0.4 is 9.64 Å². The molecular formula is C55H33NO2. The van der Waals surface area contributed by atoms with E-state index in [-0.39, 0.29) is 0 Å². The molecule has 1 aliphatic carbocycles. The fourth-order valence-corrected chi connectivity index (χ4v) is 10.3. The molecule has 0 unspecified atom stereocenters. The van der Waals surface area contributed by atoms with E-state index < -0.39 is 5.41 Å². The first kappa shape index (κ1) is 31.6. The maximum Gasteiger partial charge on any atom is 0.143 e. The highest BCUT2D eigenvalue weighted by Gasteiger charge is 2.51. The molecule has 1 spiro atoms. The molecule has 1 aromatic heterocycles. The summed E-state index contributed by atoms with van der Waals surface area (Å²) in [6.45, 7) is 0. The number of anilines is 3. The fraction of sp³-hybridized carbons (Fsp3) is 0.0182. The second kappa shape index (κ2) is 11.7. The van der Waals surface area contributed by atoms with E-state index in [9.17, 15) is 0 Å². The lowest BCUT2D eigenvalue weighted by Gasteiger charge is -2.40. The SMILES string of the molecule is c1ccc2c(c1)Oc1ccc(N(c3ccc4c(ccc5ccccc54)c3)c3cc4c5ccccc5oc4c4ccccc34)cc1C21c2ccccc2-c2ccccc21. The molecule has 0 amide bonds. The molecule has 13 rings (SSSR count). The number of ether oxygens (including phenoxy) is 1. The number of nitrogens with zero attached hydrogens (tertiary/aromatic N) is 1. The first-order chi connectivity index (χ1) is 28.8. The molecule has 3 nitrogen and oxygen atoms in total. The van der Waals surface area contributed by atoms with E-state index in [4.69, 9.17) is 9.15 Å². The van der Waals surface area contributed by atoms with Crippen LogP contribution in [0.3, 0.4) is 0 Å². The van der Waals surface area contributed by atoms with E-state index in [2.05, 4.69) is 199 Å². The van der Waals surface area contributed by atoms with Crippen LogP contribution in [0.4, 0.5) is 17.1 Å². The van der Waals surface area contributed by atoms with Crippen LogP contribution in [0.5, 0.6) is 11.5 Å².